The van der Waals surface area contributed by atoms with Gasteiger partial charge < -0.3 is 10.6 Å². The van der Waals surface area contributed by atoms with Crippen molar-refractivity contribution >= 4 is 5.96 Å². The second kappa shape index (κ2) is 3.40. The molecule has 0 saturated heterocycles. The lowest BCUT2D eigenvalue weighted by Crippen LogP contribution is -2.50. The maximum Gasteiger partial charge on any atom is 0.192 e. The molecule has 0 unspecified atom stereocenters. The highest BCUT2D eigenvalue weighted by Gasteiger charge is 2.26. The van der Waals surface area contributed by atoms with E-state index in [1.165, 1.54) is 12.8 Å². The van der Waals surface area contributed by atoms with E-state index < -0.39 is 0 Å². The predicted molar refractivity (Wildman–Crippen MR) is 54.8 cm³/mol. The van der Waals surface area contributed by atoms with Gasteiger partial charge in [-0.05, 0) is 24.3 Å². The van der Waals surface area contributed by atoms with E-state index in [2.05, 4.69) is 29.1 Å². The van der Waals surface area contributed by atoms with Crippen LogP contribution in [0.3, 0.4) is 0 Å². The highest BCUT2D eigenvalue weighted by molar-refractivity contribution is 5.81. The summed E-state index contributed by atoms with van der Waals surface area (Å²) in [4.78, 5) is 4.35. The number of nitrogens with zero attached hydrogens (tertiary/aromatic N) is 1. The average Bonchev–Trinajstić information content (AvgIpc) is 2.06. The summed E-state index contributed by atoms with van der Waals surface area (Å²) in [5.74, 6) is 1.85. The van der Waals surface area contributed by atoms with Gasteiger partial charge in [0.15, 0.2) is 5.96 Å². The first-order chi connectivity index (χ1) is 6.24. The highest BCUT2D eigenvalue weighted by Crippen LogP contribution is 2.26. The molecule has 1 saturated carbocycles. The fourth-order valence-corrected chi connectivity index (χ4v) is 1.82. The zero-order chi connectivity index (χ0) is 9.26. The van der Waals surface area contributed by atoms with Crippen LogP contribution in [-0.4, -0.2) is 25.1 Å². The molecule has 1 aliphatic heterocycles. The molecule has 0 spiro atoms. The van der Waals surface area contributed by atoms with E-state index in [1.807, 2.05) is 0 Å². The molecule has 0 atom stereocenters. The Balaban J connectivity index is 1.79. The molecule has 0 aromatic heterocycles. The van der Waals surface area contributed by atoms with E-state index in [1.54, 1.807) is 0 Å². The topological polar surface area (TPSA) is 36.4 Å². The molecule has 0 bridgehead atoms. The molecule has 13 heavy (non-hydrogen) atoms. The van der Waals surface area contributed by atoms with Crippen LogP contribution in [0.2, 0.25) is 0 Å². The van der Waals surface area contributed by atoms with E-state index in [9.17, 15) is 0 Å². The SMILES string of the molecule is C=C1CN=C(NC2CC(C)C2)NC1. The molecule has 0 aromatic carbocycles. The van der Waals surface area contributed by atoms with Crippen LogP contribution in [-0.2, 0) is 0 Å². The summed E-state index contributed by atoms with van der Waals surface area (Å²) in [7, 11) is 0. The smallest absolute Gasteiger partial charge is 0.192 e. The van der Waals surface area contributed by atoms with Gasteiger partial charge in [-0.1, -0.05) is 13.5 Å². The Kier molecular flexibility index (Phi) is 2.25. The molecule has 2 aliphatic rings. The Hall–Kier alpha value is -0.990. The minimum Gasteiger partial charge on any atom is -0.354 e. The molecular formula is C10H17N3. The molecule has 0 amide bonds. The molecule has 1 heterocycles. The van der Waals surface area contributed by atoms with Crippen LogP contribution in [0.5, 0.6) is 0 Å². The quantitative estimate of drug-likeness (QED) is 0.586. The third-order valence-corrected chi connectivity index (χ3v) is 2.68. The Labute approximate surface area is 79.3 Å². The van der Waals surface area contributed by atoms with Gasteiger partial charge in [-0.15, -0.1) is 0 Å². The highest BCUT2D eigenvalue weighted by atomic mass is 15.2. The van der Waals surface area contributed by atoms with Gasteiger partial charge in [0, 0.05) is 12.6 Å². The lowest BCUT2D eigenvalue weighted by molar-refractivity contribution is 0.266. The summed E-state index contributed by atoms with van der Waals surface area (Å²) in [6.07, 6.45) is 2.56. The van der Waals surface area contributed by atoms with Gasteiger partial charge in [-0.2, -0.15) is 0 Å². The zero-order valence-corrected chi connectivity index (χ0v) is 8.14. The summed E-state index contributed by atoms with van der Waals surface area (Å²) < 4.78 is 0. The van der Waals surface area contributed by atoms with Crippen molar-refractivity contribution in [2.75, 3.05) is 13.1 Å². The van der Waals surface area contributed by atoms with Gasteiger partial charge in [0.05, 0.1) is 6.54 Å². The van der Waals surface area contributed by atoms with Crippen LogP contribution >= 0.6 is 0 Å². The first-order valence-corrected chi connectivity index (χ1v) is 4.95. The van der Waals surface area contributed by atoms with Crippen LogP contribution in [0.1, 0.15) is 19.8 Å². The first kappa shape index (κ1) is 8.60. The van der Waals surface area contributed by atoms with Crippen LogP contribution in [0.25, 0.3) is 0 Å². The first-order valence-electron chi connectivity index (χ1n) is 4.95. The number of aliphatic imine (C=N–C) groups is 1. The minimum atomic E-state index is 0.646. The minimum absolute atomic E-state index is 0.646. The Morgan fingerprint density at radius 2 is 2.31 bits per heavy atom. The average molecular weight is 179 g/mol. The van der Waals surface area contributed by atoms with E-state index in [0.717, 1.165) is 30.5 Å². The van der Waals surface area contributed by atoms with Crippen LogP contribution in [0.15, 0.2) is 17.1 Å². The fraction of sp³-hybridized carbons (Fsp3) is 0.700. The van der Waals surface area contributed by atoms with Gasteiger partial charge in [-0.3, -0.25) is 0 Å². The standard InChI is InChI=1S/C10H17N3/c1-7-3-9(4-7)13-10-11-5-8(2)6-12-10/h7,9H,2-6H2,1H3,(H2,11,12,13). The number of nitrogens with one attached hydrogen (secondary N) is 2. The zero-order valence-electron chi connectivity index (χ0n) is 8.14. The van der Waals surface area contributed by atoms with Crippen molar-refractivity contribution < 1.29 is 0 Å². The maximum atomic E-state index is 4.35. The molecule has 2 rings (SSSR count). The second-order valence-corrected chi connectivity index (χ2v) is 4.19. The van der Waals surface area contributed by atoms with Crippen molar-refractivity contribution in [3.05, 3.63) is 12.2 Å². The fourth-order valence-electron chi connectivity index (χ4n) is 1.82. The maximum absolute atomic E-state index is 4.35. The second-order valence-electron chi connectivity index (χ2n) is 4.19. The molecule has 0 radical (unpaired) electrons. The predicted octanol–water partition coefficient (Wildman–Crippen LogP) is 0.890. The number of rotatable bonds is 1. The molecule has 1 fully saturated rings. The summed E-state index contributed by atoms with van der Waals surface area (Å²) in [5.41, 5.74) is 1.16. The van der Waals surface area contributed by atoms with Crippen molar-refractivity contribution in [3.63, 3.8) is 0 Å². The van der Waals surface area contributed by atoms with Gasteiger partial charge >= 0.3 is 0 Å². The Bertz CT molecular complexity index is 239. The lowest BCUT2D eigenvalue weighted by Gasteiger charge is -2.35. The molecule has 3 nitrogen and oxygen atoms in total. The summed E-state index contributed by atoms with van der Waals surface area (Å²) in [6.45, 7) is 7.81. The van der Waals surface area contributed by atoms with E-state index in [0.29, 0.717) is 6.04 Å². The summed E-state index contributed by atoms with van der Waals surface area (Å²) in [6, 6.07) is 0.646. The lowest BCUT2D eigenvalue weighted by atomic mass is 9.82. The third-order valence-electron chi connectivity index (χ3n) is 2.68. The number of guanidine groups is 1. The Morgan fingerprint density at radius 1 is 1.54 bits per heavy atom. The van der Waals surface area contributed by atoms with Crippen molar-refractivity contribution in [1.29, 1.82) is 0 Å². The Morgan fingerprint density at radius 3 is 2.85 bits per heavy atom. The van der Waals surface area contributed by atoms with Crippen molar-refractivity contribution in [2.45, 2.75) is 25.8 Å². The molecule has 0 aromatic rings. The molecule has 72 valence electrons. The van der Waals surface area contributed by atoms with Gasteiger partial charge in [0.2, 0.25) is 0 Å². The van der Waals surface area contributed by atoms with E-state index in [4.69, 9.17) is 0 Å². The van der Waals surface area contributed by atoms with E-state index in [-0.39, 0.29) is 0 Å². The van der Waals surface area contributed by atoms with E-state index >= 15 is 0 Å². The summed E-state index contributed by atoms with van der Waals surface area (Å²) in [5, 5.41) is 6.63. The normalized spacial score (nSPS) is 33.0. The van der Waals surface area contributed by atoms with Crippen LogP contribution < -0.4 is 10.6 Å². The third kappa shape index (κ3) is 2.02. The molecule has 2 N–H and O–H groups in total. The van der Waals surface area contributed by atoms with Crippen molar-refractivity contribution in [1.82, 2.24) is 10.6 Å². The molecular weight excluding hydrogens is 162 g/mol. The molecule has 1 aliphatic carbocycles. The van der Waals surface area contributed by atoms with Gasteiger partial charge in [0.25, 0.3) is 0 Å². The van der Waals surface area contributed by atoms with Crippen molar-refractivity contribution in [2.24, 2.45) is 10.9 Å². The van der Waals surface area contributed by atoms with Gasteiger partial charge in [-0.25, -0.2) is 4.99 Å². The van der Waals surface area contributed by atoms with Crippen LogP contribution in [0, 0.1) is 5.92 Å². The molecule has 3 heteroatoms. The largest absolute Gasteiger partial charge is 0.354 e. The monoisotopic (exact) mass is 179 g/mol. The number of hydrogen-bond donors (Lipinski definition) is 2. The van der Waals surface area contributed by atoms with Gasteiger partial charge in [0.1, 0.15) is 0 Å². The van der Waals surface area contributed by atoms with Crippen LogP contribution in [0.4, 0.5) is 0 Å². The summed E-state index contributed by atoms with van der Waals surface area (Å²) >= 11 is 0. The van der Waals surface area contributed by atoms with Crippen molar-refractivity contribution in [3.8, 4) is 0 Å². The number of hydrogen-bond acceptors (Lipinski definition) is 3.